The molecule has 18 heavy (non-hydrogen) atoms. The summed E-state index contributed by atoms with van der Waals surface area (Å²) in [5.41, 5.74) is 0.653. The van der Waals surface area contributed by atoms with E-state index in [1.54, 1.807) is 7.11 Å². The number of methoxy groups -OCH3 is 2. The number of ether oxygens (including phenoxy) is 2. The molecule has 0 radical (unpaired) electrons. The van der Waals surface area contributed by atoms with Crippen molar-refractivity contribution in [3.05, 3.63) is 10.6 Å². The molecular weight excluding hydrogens is 252 g/mol. The number of carbonyl (C=O) groups excluding carboxylic acids is 1. The van der Waals surface area contributed by atoms with E-state index >= 15 is 0 Å². The van der Waals surface area contributed by atoms with Gasteiger partial charge < -0.3 is 14.8 Å². The zero-order chi connectivity index (χ0) is 13.2. The predicted octanol–water partition coefficient (Wildman–Crippen LogP) is 2.22. The zero-order valence-electron chi connectivity index (χ0n) is 10.9. The van der Waals surface area contributed by atoms with Crippen LogP contribution in [0.15, 0.2) is 0 Å². The molecule has 0 unspecified atom stereocenters. The molecule has 1 saturated carbocycles. The summed E-state index contributed by atoms with van der Waals surface area (Å²) in [6.07, 6.45) is 3.36. The summed E-state index contributed by atoms with van der Waals surface area (Å²) in [5.74, 6) is -0.330. The number of carbonyl (C=O) groups is 1. The molecule has 1 aromatic heterocycles. The maximum absolute atomic E-state index is 11.5. The van der Waals surface area contributed by atoms with Crippen LogP contribution in [0.4, 0.5) is 5.13 Å². The van der Waals surface area contributed by atoms with Crippen LogP contribution >= 0.6 is 11.3 Å². The second kappa shape index (κ2) is 5.24. The van der Waals surface area contributed by atoms with E-state index in [4.69, 9.17) is 9.47 Å². The third-order valence-electron chi connectivity index (χ3n) is 3.43. The van der Waals surface area contributed by atoms with Gasteiger partial charge >= 0.3 is 5.97 Å². The van der Waals surface area contributed by atoms with Gasteiger partial charge in [0.1, 0.15) is 4.88 Å². The standard InChI is InChI=1S/C12H18N2O3S/c1-8-9(10(15)16-2)18-11(14-8)13-7-12(17-3)5-4-6-12/h4-7H2,1-3H3,(H,13,14). The number of esters is 1. The van der Waals surface area contributed by atoms with E-state index in [1.807, 2.05) is 6.92 Å². The molecule has 1 fully saturated rings. The summed E-state index contributed by atoms with van der Waals surface area (Å²) < 4.78 is 10.2. The Hall–Kier alpha value is -1.14. The highest BCUT2D eigenvalue weighted by Crippen LogP contribution is 2.35. The zero-order valence-corrected chi connectivity index (χ0v) is 11.7. The van der Waals surface area contributed by atoms with Crippen molar-refractivity contribution in [1.29, 1.82) is 0 Å². The Morgan fingerprint density at radius 2 is 2.22 bits per heavy atom. The fraction of sp³-hybridized carbons (Fsp3) is 0.667. The van der Waals surface area contributed by atoms with Gasteiger partial charge in [-0.25, -0.2) is 9.78 Å². The lowest BCUT2D eigenvalue weighted by Gasteiger charge is -2.40. The van der Waals surface area contributed by atoms with Gasteiger partial charge in [-0.3, -0.25) is 0 Å². The van der Waals surface area contributed by atoms with E-state index in [1.165, 1.54) is 24.9 Å². The molecular formula is C12H18N2O3S. The molecule has 1 N–H and O–H groups in total. The van der Waals surface area contributed by atoms with Crippen molar-refractivity contribution in [2.75, 3.05) is 26.1 Å². The van der Waals surface area contributed by atoms with Crippen LogP contribution < -0.4 is 5.32 Å². The topological polar surface area (TPSA) is 60.5 Å². The minimum Gasteiger partial charge on any atom is -0.465 e. The Labute approximate surface area is 111 Å². The van der Waals surface area contributed by atoms with Gasteiger partial charge in [-0.05, 0) is 26.2 Å². The van der Waals surface area contributed by atoms with Crippen LogP contribution in [0.1, 0.15) is 34.6 Å². The SMILES string of the molecule is COC(=O)c1sc(NCC2(OC)CCC2)nc1C. The predicted molar refractivity (Wildman–Crippen MR) is 70.3 cm³/mol. The molecule has 0 atom stereocenters. The number of nitrogens with zero attached hydrogens (tertiary/aromatic N) is 1. The van der Waals surface area contributed by atoms with Crippen LogP contribution in [0.25, 0.3) is 0 Å². The van der Waals surface area contributed by atoms with Crippen LogP contribution in [0, 0.1) is 6.92 Å². The maximum Gasteiger partial charge on any atom is 0.350 e. The number of aromatic nitrogens is 1. The molecule has 1 aromatic rings. The molecule has 1 heterocycles. The second-order valence-electron chi connectivity index (χ2n) is 4.52. The molecule has 0 saturated heterocycles. The number of rotatable bonds is 5. The van der Waals surface area contributed by atoms with Crippen molar-refractivity contribution >= 4 is 22.4 Å². The fourth-order valence-electron chi connectivity index (χ4n) is 2.02. The van der Waals surface area contributed by atoms with Gasteiger partial charge in [0.2, 0.25) is 0 Å². The first-order valence-electron chi connectivity index (χ1n) is 5.95. The van der Waals surface area contributed by atoms with Gasteiger partial charge in [0.15, 0.2) is 5.13 Å². The largest absolute Gasteiger partial charge is 0.465 e. The van der Waals surface area contributed by atoms with Crippen LogP contribution in [0.5, 0.6) is 0 Å². The summed E-state index contributed by atoms with van der Waals surface area (Å²) in [4.78, 5) is 16.4. The normalized spacial score (nSPS) is 17.1. The number of hydrogen-bond acceptors (Lipinski definition) is 6. The highest BCUT2D eigenvalue weighted by Gasteiger charge is 2.37. The summed E-state index contributed by atoms with van der Waals surface area (Å²) in [5, 5.41) is 4.00. The molecule has 0 aromatic carbocycles. The number of thiazole rings is 1. The van der Waals surface area contributed by atoms with Crippen molar-refractivity contribution < 1.29 is 14.3 Å². The van der Waals surface area contributed by atoms with E-state index in [2.05, 4.69) is 10.3 Å². The maximum atomic E-state index is 11.5. The first-order chi connectivity index (χ1) is 8.60. The third-order valence-corrected chi connectivity index (χ3v) is 4.52. The first-order valence-corrected chi connectivity index (χ1v) is 6.77. The minimum absolute atomic E-state index is 0.0506. The lowest BCUT2D eigenvalue weighted by Crippen LogP contribution is -2.45. The average Bonchev–Trinajstić information content (AvgIpc) is 2.69. The van der Waals surface area contributed by atoms with Crippen LogP contribution in [-0.2, 0) is 9.47 Å². The van der Waals surface area contributed by atoms with Crippen molar-refractivity contribution in [3.63, 3.8) is 0 Å². The molecule has 1 aliphatic rings. The molecule has 5 nitrogen and oxygen atoms in total. The lowest BCUT2D eigenvalue weighted by atomic mass is 9.80. The summed E-state index contributed by atoms with van der Waals surface area (Å²) in [6, 6.07) is 0. The quantitative estimate of drug-likeness (QED) is 0.831. The van der Waals surface area contributed by atoms with E-state index in [9.17, 15) is 4.79 Å². The van der Waals surface area contributed by atoms with Gasteiger partial charge in [-0.2, -0.15) is 0 Å². The van der Waals surface area contributed by atoms with Gasteiger partial charge in [-0.1, -0.05) is 11.3 Å². The molecule has 0 amide bonds. The van der Waals surface area contributed by atoms with Gasteiger partial charge in [0.25, 0.3) is 0 Å². The lowest BCUT2D eigenvalue weighted by molar-refractivity contribution is -0.0601. The smallest absolute Gasteiger partial charge is 0.350 e. The Balaban J connectivity index is 2.00. The van der Waals surface area contributed by atoms with Crippen LogP contribution in [0.3, 0.4) is 0 Å². The van der Waals surface area contributed by atoms with E-state index in [0.717, 1.165) is 24.5 Å². The highest BCUT2D eigenvalue weighted by atomic mass is 32.1. The monoisotopic (exact) mass is 270 g/mol. The van der Waals surface area contributed by atoms with Crippen LogP contribution in [0.2, 0.25) is 0 Å². The Morgan fingerprint density at radius 1 is 1.50 bits per heavy atom. The van der Waals surface area contributed by atoms with E-state index in [0.29, 0.717) is 10.6 Å². The first kappa shape index (κ1) is 13.3. The Morgan fingerprint density at radius 3 is 2.72 bits per heavy atom. The number of nitrogens with one attached hydrogen (secondary N) is 1. The number of aryl methyl sites for hydroxylation is 1. The van der Waals surface area contributed by atoms with Crippen molar-refractivity contribution in [1.82, 2.24) is 4.98 Å². The Kier molecular flexibility index (Phi) is 3.87. The van der Waals surface area contributed by atoms with Gasteiger partial charge in [0.05, 0.1) is 18.4 Å². The van der Waals surface area contributed by atoms with E-state index in [-0.39, 0.29) is 11.6 Å². The molecule has 6 heteroatoms. The summed E-state index contributed by atoms with van der Waals surface area (Å²) in [6.45, 7) is 2.54. The summed E-state index contributed by atoms with van der Waals surface area (Å²) >= 11 is 1.33. The molecule has 0 bridgehead atoms. The summed E-state index contributed by atoms with van der Waals surface area (Å²) in [7, 11) is 3.12. The minimum atomic E-state index is -0.330. The van der Waals surface area contributed by atoms with Crippen molar-refractivity contribution in [3.8, 4) is 0 Å². The second-order valence-corrected chi connectivity index (χ2v) is 5.52. The molecule has 0 spiro atoms. The van der Waals surface area contributed by atoms with Crippen LogP contribution in [-0.4, -0.2) is 37.3 Å². The van der Waals surface area contributed by atoms with Crippen molar-refractivity contribution in [2.45, 2.75) is 31.8 Å². The molecule has 1 aliphatic carbocycles. The Bertz CT molecular complexity index is 435. The molecule has 2 rings (SSSR count). The molecule has 100 valence electrons. The fourth-order valence-corrected chi connectivity index (χ4v) is 2.90. The van der Waals surface area contributed by atoms with Gasteiger partial charge in [0, 0.05) is 13.7 Å². The number of anilines is 1. The van der Waals surface area contributed by atoms with E-state index < -0.39 is 0 Å². The highest BCUT2D eigenvalue weighted by molar-refractivity contribution is 7.17. The molecule has 0 aliphatic heterocycles. The van der Waals surface area contributed by atoms with Gasteiger partial charge in [-0.15, -0.1) is 0 Å². The average molecular weight is 270 g/mol. The third kappa shape index (κ3) is 2.49. The number of hydrogen-bond donors (Lipinski definition) is 1. The van der Waals surface area contributed by atoms with Crippen molar-refractivity contribution in [2.24, 2.45) is 0 Å².